The molecular weight excluding hydrogens is 399 g/mol. The van der Waals surface area contributed by atoms with Crippen LogP contribution in [0.15, 0.2) is 30.3 Å². The van der Waals surface area contributed by atoms with Crippen molar-refractivity contribution >= 4 is 17.5 Å². The van der Waals surface area contributed by atoms with Crippen LogP contribution in [0.1, 0.15) is 33.4 Å². The molecule has 3 aromatic rings. The lowest BCUT2D eigenvalue weighted by Gasteiger charge is -2.28. The number of hydrogen-bond donors (Lipinski definition) is 1. The first-order chi connectivity index (χ1) is 14.2. The van der Waals surface area contributed by atoms with E-state index in [1.54, 1.807) is 24.3 Å². The molecule has 0 saturated carbocycles. The first-order valence-electron chi connectivity index (χ1n) is 9.18. The molecule has 1 aliphatic rings. The maximum Gasteiger partial charge on any atom is 0.451 e. The van der Waals surface area contributed by atoms with Gasteiger partial charge < -0.3 is 14.8 Å². The zero-order chi connectivity index (χ0) is 21.5. The quantitative estimate of drug-likeness (QED) is 0.705. The summed E-state index contributed by atoms with van der Waals surface area (Å²) >= 11 is 0. The zero-order valence-electron chi connectivity index (χ0n) is 16.2. The van der Waals surface area contributed by atoms with E-state index in [0.29, 0.717) is 17.2 Å². The van der Waals surface area contributed by atoms with Crippen LogP contribution in [0, 0.1) is 13.8 Å². The van der Waals surface area contributed by atoms with Gasteiger partial charge in [-0.2, -0.15) is 13.2 Å². The molecule has 0 saturated heterocycles. The van der Waals surface area contributed by atoms with Crippen molar-refractivity contribution in [3.63, 3.8) is 0 Å². The van der Waals surface area contributed by atoms with Gasteiger partial charge in [0.2, 0.25) is 11.8 Å². The Hall–Kier alpha value is -3.50. The van der Waals surface area contributed by atoms with Crippen LogP contribution < -0.4 is 5.32 Å². The van der Waals surface area contributed by atoms with Crippen LogP contribution in [0.3, 0.4) is 0 Å². The third-order valence-corrected chi connectivity index (χ3v) is 4.66. The van der Waals surface area contributed by atoms with E-state index in [1.165, 1.54) is 4.90 Å². The summed E-state index contributed by atoms with van der Waals surface area (Å²) in [6.45, 7) is 3.85. The molecule has 0 spiro atoms. The Kier molecular flexibility index (Phi) is 4.88. The number of hydrogen-bond acceptors (Lipinski definition) is 6. The summed E-state index contributed by atoms with van der Waals surface area (Å²) in [5, 5.41) is 9.91. The molecule has 30 heavy (non-hydrogen) atoms. The van der Waals surface area contributed by atoms with Gasteiger partial charge in [0.1, 0.15) is 0 Å². The number of anilines is 2. The molecule has 8 nitrogen and oxygen atoms in total. The third kappa shape index (κ3) is 3.95. The van der Waals surface area contributed by atoms with Crippen LogP contribution in [0.4, 0.5) is 24.8 Å². The largest absolute Gasteiger partial charge is 0.451 e. The number of rotatable bonds is 3. The van der Waals surface area contributed by atoms with Gasteiger partial charge in [0.25, 0.3) is 5.91 Å². The number of amides is 1. The van der Waals surface area contributed by atoms with Crippen LogP contribution in [0.2, 0.25) is 0 Å². The fourth-order valence-electron chi connectivity index (χ4n) is 3.33. The Bertz CT molecular complexity index is 1070. The summed E-state index contributed by atoms with van der Waals surface area (Å²) in [5.74, 6) is -0.741. The van der Waals surface area contributed by atoms with Crippen molar-refractivity contribution in [3.8, 4) is 0 Å². The molecule has 0 atom stereocenters. The predicted octanol–water partition coefficient (Wildman–Crippen LogP) is 3.10. The van der Waals surface area contributed by atoms with Crippen molar-refractivity contribution in [1.29, 1.82) is 0 Å². The van der Waals surface area contributed by atoms with E-state index in [4.69, 9.17) is 0 Å². The molecule has 11 heteroatoms. The second kappa shape index (κ2) is 7.39. The van der Waals surface area contributed by atoms with Crippen molar-refractivity contribution in [2.45, 2.75) is 33.1 Å². The Balaban J connectivity index is 1.46. The number of carbonyl (C=O) groups is 1. The van der Waals surface area contributed by atoms with Crippen molar-refractivity contribution in [2.24, 2.45) is 0 Å². The molecule has 0 radical (unpaired) electrons. The lowest BCUT2D eigenvalue weighted by molar-refractivity contribution is -0.147. The van der Waals surface area contributed by atoms with E-state index in [-0.39, 0.29) is 31.4 Å². The van der Waals surface area contributed by atoms with Crippen LogP contribution in [-0.2, 0) is 19.3 Å². The van der Waals surface area contributed by atoms with Gasteiger partial charge in [0, 0.05) is 35.7 Å². The predicted molar refractivity (Wildman–Crippen MR) is 101 cm³/mol. The number of aromatic nitrogens is 5. The molecule has 1 aliphatic heterocycles. The fraction of sp³-hybridized carbons (Fsp3) is 0.316. The number of alkyl halides is 3. The normalized spacial score (nSPS) is 13.8. The SMILES string of the molecule is Cc1cc(C)nc(Nc2ccc(C(=O)N3CCn4c(nnc4C(F)(F)F)C3)cc2)n1. The van der Waals surface area contributed by atoms with Crippen molar-refractivity contribution in [1.82, 2.24) is 29.6 Å². The minimum atomic E-state index is -4.57. The molecule has 2 aromatic heterocycles. The Morgan fingerprint density at radius 3 is 2.33 bits per heavy atom. The average molecular weight is 417 g/mol. The van der Waals surface area contributed by atoms with Crippen molar-refractivity contribution in [3.05, 3.63) is 58.9 Å². The summed E-state index contributed by atoms with van der Waals surface area (Å²) in [4.78, 5) is 22.8. The molecule has 0 fully saturated rings. The fourth-order valence-corrected chi connectivity index (χ4v) is 3.33. The number of carbonyl (C=O) groups excluding carboxylic acids is 1. The number of nitrogens with one attached hydrogen (secondary N) is 1. The number of nitrogens with zero attached hydrogens (tertiary/aromatic N) is 6. The highest BCUT2D eigenvalue weighted by Crippen LogP contribution is 2.29. The summed E-state index contributed by atoms with van der Waals surface area (Å²) in [6.07, 6.45) is -4.57. The molecule has 0 aliphatic carbocycles. The van der Waals surface area contributed by atoms with E-state index < -0.39 is 12.0 Å². The number of halogens is 3. The Morgan fingerprint density at radius 2 is 1.70 bits per heavy atom. The van der Waals surface area contributed by atoms with Crippen LogP contribution >= 0.6 is 0 Å². The molecular formula is C19H18F3N7O. The first kappa shape index (κ1) is 19.8. The minimum Gasteiger partial charge on any atom is -0.329 e. The van der Waals surface area contributed by atoms with Gasteiger partial charge in [-0.15, -0.1) is 10.2 Å². The highest BCUT2D eigenvalue weighted by Gasteiger charge is 2.39. The van der Waals surface area contributed by atoms with Crippen LogP contribution in [0.5, 0.6) is 0 Å². The van der Waals surface area contributed by atoms with E-state index in [9.17, 15) is 18.0 Å². The van der Waals surface area contributed by atoms with Crippen molar-refractivity contribution < 1.29 is 18.0 Å². The smallest absolute Gasteiger partial charge is 0.329 e. The van der Waals surface area contributed by atoms with Crippen LogP contribution in [0.25, 0.3) is 0 Å². The zero-order valence-corrected chi connectivity index (χ0v) is 16.2. The Labute approximate surface area is 169 Å². The average Bonchev–Trinajstić information content (AvgIpc) is 3.11. The molecule has 0 unspecified atom stereocenters. The first-order valence-corrected chi connectivity index (χ1v) is 9.18. The summed E-state index contributed by atoms with van der Waals surface area (Å²) < 4.78 is 39.9. The van der Waals surface area contributed by atoms with Gasteiger partial charge in [-0.25, -0.2) is 9.97 Å². The van der Waals surface area contributed by atoms with Gasteiger partial charge in [-0.1, -0.05) is 0 Å². The molecule has 1 aromatic carbocycles. The van der Waals surface area contributed by atoms with E-state index in [1.807, 2.05) is 19.9 Å². The van der Waals surface area contributed by atoms with Gasteiger partial charge >= 0.3 is 6.18 Å². The van der Waals surface area contributed by atoms with Crippen LogP contribution in [-0.4, -0.2) is 42.1 Å². The lowest BCUT2D eigenvalue weighted by atomic mass is 10.1. The maximum absolute atomic E-state index is 12.9. The third-order valence-electron chi connectivity index (χ3n) is 4.66. The van der Waals surface area contributed by atoms with Gasteiger partial charge in [-0.3, -0.25) is 4.79 Å². The summed E-state index contributed by atoms with van der Waals surface area (Å²) in [7, 11) is 0. The molecule has 1 amide bonds. The van der Waals surface area contributed by atoms with Gasteiger partial charge in [0.05, 0.1) is 6.54 Å². The summed E-state index contributed by atoms with van der Waals surface area (Å²) in [6, 6.07) is 8.61. The monoisotopic (exact) mass is 417 g/mol. The minimum absolute atomic E-state index is 0.00734. The number of aryl methyl sites for hydroxylation is 2. The number of fused-ring (bicyclic) bond motifs is 1. The van der Waals surface area contributed by atoms with E-state index in [2.05, 4.69) is 25.5 Å². The van der Waals surface area contributed by atoms with Gasteiger partial charge in [-0.05, 0) is 44.2 Å². The second-order valence-corrected chi connectivity index (χ2v) is 6.99. The lowest BCUT2D eigenvalue weighted by Crippen LogP contribution is -2.39. The standard InChI is InChI=1S/C19H18F3N7O/c1-11-9-12(2)24-18(23-11)25-14-5-3-13(4-6-14)16(30)28-7-8-29-15(10-28)26-27-17(29)19(20,21)22/h3-6,9H,7-8,10H2,1-2H3,(H,23,24,25). The molecule has 4 rings (SSSR count). The second-order valence-electron chi connectivity index (χ2n) is 6.99. The maximum atomic E-state index is 12.9. The molecule has 1 N–H and O–H groups in total. The molecule has 156 valence electrons. The topological polar surface area (TPSA) is 88.8 Å². The summed E-state index contributed by atoms with van der Waals surface area (Å²) in [5.41, 5.74) is 2.81. The highest BCUT2D eigenvalue weighted by molar-refractivity contribution is 5.94. The highest BCUT2D eigenvalue weighted by atomic mass is 19.4. The van der Waals surface area contributed by atoms with E-state index in [0.717, 1.165) is 16.0 Å². The van der Waals surface area contributed by atoms with E-state index >= 15 is 0 Å². The van der Waals surface area contributed by atoms with Gasteiger partial charge in [0.15, 0.2) is 5.82 Å². The molecule has 3 heterocycles. The number of benzene rings is 1. The van der Waals surface area contributed by atoms with Crippen molar-refractivity contribution in [2.75, 3.05) is 11.9 Å². The Morgan fingerprint density at radius 1 is 1.03 bits per heavy atom. The molecule has 0 bridgehead atoms.